The molecule has 1 amide bonds. The number of halogens is 1. The number of rotatable bonds is 3. The summed E-state index contributed by atoms with van der Waals surface area (Å²) >= 11 is 5.99. The fourth-order valence-electron chi connectivity index (χ4n) is 2.63. The lowest BCUT2D eigenvalue weighted by Crippen LogP contribution is -2.13. The minimum Gasteiger partial charge on any atom is -0.320 e. The molecule has 0 bridgehead atoms. The van der Waals surface area contributed by atoms with Crippen molar-refractivity contribution in [3.8, 4) is 11.3 Å². The quantitative estimate of drug-likeness (QED) is 0.762. The maximum Gasteiger partial charge on any atom is 0.273 e. The fourth-order valence-corrected chi connectivity index (χ4v) is 2.80. The number of carbonyl (C=O) groups is 1. The smallest absolute Gasteiger partial charge is 0.273 e. The van der Waals surface area contributed by atoms with Gasteiger partial charge in [0.2, 0.25) is 0 Å². The molecule has 1 aromatic carbocycles. The van der Waals surface area contributed by atoms with E-state index in [4.69, 9.17) is 11.6 Å². The molecule has 6 nitrogen and oxygen atoms in total. The Labute approximate surface area is 144 Å². The Bertz CT molecular complexity index is 925. The Balaban J connectivity index is 1.88. The van der Waals surface area contributed by atoms with Crippen LogP contribution in [0.15, 0.2) is 24.3 Å². The van der Waals surface area contributed by atoms with Crippen molar-refractivity contribution in [2.75, 3.05) is 5.32 Å². The molecule has 0 fully saturated rings. The molecule has 0 radical (unpaired) electrons. The Morgan fingerprint density at radius 1 is 1.25 bits per heavy atom. The van der Waals surface area contributed by atoms with Crippen molar-refractivity contribution in [3.05, 3.63) is 51.9 Å². The van der Waals surface area contributed by atoms with E-state index in [1.54, 1.807) is 22.9 Å². The highest BCUT2D eigenvalue weighted by molar-refractivity contribution is 6.31. The third-order valence-corrected chi connectivity index (χ3v) is 4.27. The van der Waals surface area contributed by atoms with Crippen molar-refractivity contribution < 1.29 is 4.79 Å². The van der Waals surface area contributed by atoms with Crippen LogP contribution in [-0.4, -0.2) is 25.9 Å². The zero-order valence-electron chi connectivity index (χ0n) is 13.9. The number of anilines is 1. The van der Waals surface area contributed by atoms with Crippen LogP contribution in [0.4, 0.5) is 5.69 Å². The number of hydrogen-bond donors (Lipinski definition) is 2. The van der Waals surface area contributed by atoms with Crippen LogP contribution in [0.1, 0.15) is 27.4 Å². The van der Waals surface area contributed by atoms with Gasteiger partial charge >= 0.3 is 0 Å². The van der Waals surface area contributed by atoms with Crippen molar-refractivity contribution in [1.82, 2.24) is 20.0 Å². The highest BCUT2D eigenvalue weighted by Gasteiger charge is 2.17. The molecule has 0 atom stereocenters. The van der Waals surface area contributed by atoms with Gasteiger partial charge in [0.1, 0.15) is 5.69 Å². The lowest BCUT2D eigenvalue weighted by Gasteiger charge is -2.07. The van der Waals surface area contributed by atoms with Gasteiger partial charge in [0, 0.05) is 29.0 Å². The molecular formula is C17H18ClN5O. The van der Waals surface area contributed by atoms with Gasteiger partial charge in [-0.05, 0) is 44.5 Å². The number of nitrogens with zero attached hydrogens (tertiary/aromatic N) is 3. The zero-order valence-corrected chi connectivity index (χ0v) is 14.7. The topological polar surface area (TPSA) is 75.6 Å². The Morgan fingerprint density at radius 2 is 2.00 bits per heavy atom. The summed E-state index contributed by atoms with van der Waals surface area (Å²) in [4.78, 5) is 12.5. The summed E-state index contributed by atoms with van der Waals surface area (Å²) in [5.74, 6) is -0.265. The highest BCUT2D eigenvalue weighted by Crippen LogP contribution is 2.26. The predicted molar refractivity (Wildman–Crippen MR) is 94.4 cm³/mol. The molecule has 0 unspecified atom stereocenters. The van der Waals surface area contributed by atoms with Gasteiger partial charge in [-0.3, -0.25) is 14.6 Å². The van der Waals surface area contributed by atoms with Gasteiger partial charge in [-0.15, -0.1) is 0 Å². The molecule has 24 heavy (non-hydrogen) atoms. The van der Waals surface area contributed by atoms with E-state index in [0.717, 1.165) is 22.5 Å². The maximum absolute atomic E-state index is 12.5. The number of aromatic amines is 1. The Morgan fingerprint density at radius 3 is 2.67 bits per heavy atom. The van der Waals surface area contributed by atoms with E-state index in [0.29, 0.717) is 22.1 Å². The van der Waals surface area contributed by atoms with E-state index >= 15 is 0 Å². The summed E-state index contributed by atoms with van der Waals surface area (Å²) in [7, 11) is 1.88. The molecule has 2 aromatic heterocycles. The minimum atomic E-state index is -0.265. The number of hydrogen-bond acceptors (Lipinski definition) is 3. The molecule has 0 aliphatic heterocycles. The number of nitrogens with one attached hydrogen (secondary N) is 2. The average molecular weight is 344 g/mol. The van der Waals surface area contributed by atoms with E-state index in [2.05, 4.69) is 20.6 Å². The number of benzene rings is 1. The first-order valence-electron chi connectivity index (χ1n) is 7.50. The van der Waals surface area contributed by atoms with Gasteiger partial charge in [0.25, 0.3) is 5.91 Å². The molecule has 0 saturated carbocycles. The number of amides is 1. The van der Waals surface area contributed by atoms with Crippen molar-refractivity contribution in [1.29, 1.82) is 0 Å². The van der Waals surface area contributed by atoms with E-state index in [1.807, 2.05) is 33.9 Å². The van der Waals surface area contributed by atoms with Crippen molar-refractivity contribution in [3.63, 3.8) is 0 Å². The number of H-pyrrole nitrogens is 1. The lowest BCUT2D eigenvalue weighted by molar-refractivity contribution is 0.102. The molecular weight excluding hydrogens is 326 g/mol. The number of aryl methyl sites for hydroxylation is 3. The normalized spacial score (nSPS) is 10.9. The zero-order chi connectivity index (χ0) is 17.4. The summed E-state index contributed by atoms with van der Waals surface area (Å²) in [5.41, 5.74) is 5.50. The molecule has 124 valence electrons. The minimum absolute atomic E-state index is 0.265. The summed E-state index contributed by atoms with van der Waals surface area (Å²) < 4.78 is 1.80. The molecule has 2 N–H and O–H groups in total. The van der Waals surface area contributed by atoms with Gasteiger partial charge in [0.05, 0.1) is 11.4 Å². The molecule has 3 aromatic rings. The van der Waals surface area contributed by atoms with Crippen LogP contribution in [0, 0.1) is 20.8 Å². The molecule has 7 heteroatoms. The lowest BCUT2D eigenvalue weighted by atomic mass is 10.1. The Kier molecular flexibility index (Phi) is 4.15. The molecule has 2 heterocycles. The van der Waals surface area contributed by atoms with E-state index in [-0.39, 0.29) is 5.91 Å². The first-order chi connectivity index (χ1) is 11.4. The van der Waals surface area contributed by atoms with Crippen molar-refractivity contribution >= 4 is 23.2 Å². The molecule has 3 rings (SSSR count). The van der Waals surface area contributed by atoms with Gasteiger partial charge in [-0.2, -0.15) is 10.2 Å². The predicted octanol–water partition coefficient (Wildman–Crippen LogP) is 3.64. The molecule has 0 aliphatic rings. The van der Waals surface area contributed by atoms with E-state index in [9.17, 15) is 4.79 Å². The van der Waals surface area contributed by atoms with Gasteiger partial charge in [-0.1, -0.05) is 17.7 Å². The maximum atomic E-state index is 12.5. The fraction of sp³-hybridized carbons (Fsp3) is 0.235. The van der Waals surface area contributed by atoms with E-state index in [1.165, 1.54) is 0 Å². The largest absolute Gasteiger partial charge is 0.320 e. The third-order valence-electron chi connectivity index (χ3n) is 4.04. The van der Waals surface area contributed by atoms with Gasteiger partial charge < -0.3 is 5.32 Å². The Hall–Kier alpha value is -2.60. The van der Waals surface area contributed by atoms with Crippen LogP contribution in [0.3, 0.4) is 0 Å². The third kappa shape index (κ3) is 2.92. The van der Waals surface area contributed by atoms with E-state index < -0.39 is 0 Å². The first-order valence-corrected chi connectivity index (χ1v) is 7.88. The average Bonchev–Trinajstić information content (AvgIpc) is 3.09. The number of aromatic nitrogens is 4. The van der Waals surface area contributed by atoms with Crippen LogP contribution in [0.25, 0.3) is 11.3 Å². The SMILES string of the molecule is Cc1ccc(Cl)cc1NC(=O)c1cc(-c2c(C)nn(C)c2C)n[nH]1. The van der Waals surface area contributed by atoms with Crippen LogP contribution < -0.4 is 5.32 Å². The second-order valence-electron chi connectivity index (χ2n) is 5.75. The summed E-state index contributed by atoms with van der Waals surface area (Å²) in [6.07, 6.45) is 0. The van der Waals surface area contributed by atoms with Crippen LogP contribution in [0.5, 0.6) is 0 Å². The summed E-state index contributed by atoms with van der Waals surface area (Å²) in [5, 5.41) is 14.8. The van der Waals surface area contributed by atoms with Gasteiger partial charge in [0.15, 0.2) is 0 Å². The van der Waals surface area contributed by atoms with Crippen molar-refractivity contribution in [2.45, 2.75) is 20.8 Å². The number of carbonyl (C=O) groups excluding carboxylic acids is 1. The molecule has 0 saturated heterocycles. The summed E-state index contributed by atoms with van der Waals surface area (Å²) in [6.45, 7) is 5.80. The standard InChI is InChI=1S/C17H18ClN5O/c1-9-5-6-12(18)7-13(9)19-17(24)15-8-14(20-21-15)16-10(2)22-23(4)11(16)3/h5-8H,1-4H3,(H,19,24)(H,20,21). The second kappa shape index (κ2) is 6.13. The highest BCUT2D eigenvalue weighted by atomic mass is 35.5. The molecule has 0 aliphatic carbocycles. The first kappa shape index (κ1) is 16.3. The van der Waals surface area contributed by atoms with Crippen LogP contribution >= 0.6 is 11.6 Å². The van der Waals surface area contributed by atoms with Crippen LogP contribution in [0.2, 0.25) is 5.02 Å². The second-order valence-corrected chi connectivity index (χ2v) is 6.19. The summed E-state index contributed by atoms with van der Waals surface area (Å²) in [6, 6.07) is 7.10. The van der Waals surface area contributed by atoms with Crippen LogP contribution in [-0.2, 0) is 7.05 Å². The van der Waals surface area contributed by atoms with Crippen molar-refractivity contribution in [2.24, 2.45) is 7.05 Å². The van der Waals surface area contributed by atoms with Gasteiger partial charge in [-0.25, -0.2) is 0 Å². The molecule has 0 spiro atoms. The monoisotopic (exact) mass is 343 g/mol.